The number of nitrogen functional groups attached to an aromatic ring is 1. The molecule has 0 amide bonds. The number of nitrogens with two attached hydrogens (primary N) is 1. The maximum absolute atomic E-state index is 5.87. The largest absolute Gasteiger partial charge is 0.493 e. The van der Waals surface area contributed by atoms with Gasteiger partial charge in [-0.2, -0.15) is 0 Å². The van der Waals surface area contributed by atoms with Crippen LogP contribution in [0.3, 0.4) is 0 Å². The predicted octanol–water partition coefficient (Wildman–Crippen LogP) is 5.01. The Balaban J connectivity index is 1.71. The van der Waals surface area contributed by atoms with Crippen LogP contribution in [0.25, 0.3) is 0 Å². The van der Waals surface area contributed by atoms with Crippen molar-refractivity contribution in [2.45, 2.75) is 40.5 Å². The van der Waals surface area contributed by atoms with E-state index < -0.39 is 0 Å². The highest BCUT2D eigenvalue weighted by Crippen LogP contribution is 2.23. The van der Waals surface area contributed by atoms with Crippen molar-refractivity contribution in [1.29, 1.82) is 0 Å². The zero-order valence-corrected chi connectivity index (χ0v) is 15.3. The normalized spacial score (nSPS) is 11.3. The topological polar surface area (TPSA) is 44.5 Å². The Bertz CT molecular complexity index is 642. The van der Waals surface area contributed by atoms with Crippen LogP contribution in [0.2, 0.25) is 0 Å². The van der Waals surface area contributed by atoms with E-state index in [1.165, 1.54) is 5.56 Å². The molecule has 0 saturated heterocycles. The molecule has 0 bridgehead atoms. The summed E-state index contributed by atoms with van der Waals surface area (Å²) < 4.78 is 11.5. The van der Waals surface area contributed by atoms with Crippen molar-refractivity contribution in [3.8, 4) is 11.5 Å². The maximum Gasteiger partial charge on any atom is 0.124 e. The summed E-state index contributed by atoms with van der Waals surface area (Å²) in [5.41, 5.74) is 9.28. The monoisotopic (exact) mass is 327 g/mol. The first-order valence-corrected chi connectivity index (χ1v) is 8.55. The van der Waals surface area contributed by atoms with Crippen molar-refractivity contribution in [2.24, 2.45) is 5.41 Å². The molecule has 0 radical (unpaired) electrons. The average Bonchev–Trinajstić information content (AvgIpc) is 2.51. The van der Waals surface area contributed by atoms with E-state index in [-0.39, 0.29) is 0 Å². The number of hydrogen-bond acceptors (Lipinski definition) is 3. The molecular formula is C21H29NO2. The third-order valence-electron chi connectivity index (χ3n) is 3.80. The molecule has 0 atom stereocenters. The molecule has 0 spiro atoms. The highest BCUT2D eigenvalue weighted by atomic mass is 16.5. The van der Waals surface area contributed by atoms with Crippen LogP contribution >= 0.6 is 0 Å². The molecule has 0 heterocycles. The zero-order chi connectivity index (χ0) is 17.6. The Kier molecular flexibility index (Phi) is 6.13. The number of hydrogen-bond donors (Lipinski definition) is 1. The first-order valence-electron chi connectivity index (χ1n) is 8.55. The lowest BCUT2D eigenvalue weighted by molar-refractivity contribution is 0.246. The Morgan fingerprint density at radius 2 is 1.58 bits per heavy atom. The molecule has 2 aromatic rings. The molecule has 0 saturated carbocycles. The number of rotatable bonds is 7. The maximum atomic E-state index is 5.87. The van der Waals surface area contributed by atoms with Gasteiger partial charge in [0.1, 0.15) is 11.5 Å². The van der Waals surface area contributed by atoms with Crippen molar-refractivity contribution >= 4 is 5.69 Å². The summed E-state index contributed by atoms with van der Waals surface area (Å²) in [7, 11) is 0. The number of ether oxygens (including phenoxy) is 2. The van der Waals surface area contributed by atoms with Gasteiger partial charge < -0.3 is 15.2 Å². The first kappa shape index (κ1) is 18.2. The van der Waals surface area contributed by atoms with Gasteiger partial charge in [-0.05, 0) is 48.6 Å². The summed E-state index contributed by atoms with van der Waals surface area (Å²) in [6.07, 6.45) is 1.90. The van der Waals surface area contributed by atoms with Crippen LogP contribution in [0.1, 0.15) is 38.3 Å². The molecule has 0 aliphatic heterocycles. The van der Waals surface area contributed by atoms with Crippen molar-refractivity contribution in [2.75, 3.05) is 18.9 Å². The van der Waals surface area contributed by atoms with Crippen molar-refractivity contribution in [1.82, 2.24) is 0 Å². The van der Waals surface area contributed by atoms with E-state index in [9.17, 15) is 0 Å². The molecule has 0 fully saturated rings. The van der Waals surface area contributed by atoms with Gasteiger partial charge in [0.2, 0.25) is 0 Å². The van der Waals surface area contributed by atoms with Gasteiger partial charge in [-0.1, -0.05) is 39.0 Å². The standard InChI is InChI=1S/C21H29NO2/c1-16-19(22)7-5-8-20(16)24-14-6-13-23-18-11-9-17(10-12-18)15-21(2,3)4/h5,7-12H,6,13-15,22H2,1-4H3. The fourth-order valence-corrected chi connectivity index (χ4v) is 2.53. The van der Waals surface area contributed by atoms with Crippen molar-refractivity contribution in [3.05, 3.63) is 53.6 Å². The van der Waals surface area contributed by atoms with Gasteiger partial charge in [0.05, 0.1) is 13.2 Å². The fourth-order valence-electron chi connectivity index (χ4n) is 2.53. The van der Waals surface area contributed by atoms with E-state index in [0.29, 0.717) is 18.6 Å². The molecule has 2 rings (SSSR count). The smallest absolute Gasteiger partial charge is 0.124 e. The molecule has 3 nitrogen and oxygen atoms in total. The fraction of sp³-hybridized carbons (Fsp3) is 0.429. The van der Waals surface area contributed by atoms with Crippen LogP contribution in [0.5, 0.6) is 11.5 Å². The lowest BCUT2D eigenvalue weighted by atomic mass is 9.88. The minimum atomic E-state index is 0.304. The summed E-state index contributed by atoms with van der Waals surface area (Å²) in [6, 6.07) is 14.1. The lowest BCUT2D eigenvalue weighted by Crippen LogP contribution is -2.09. The predicted molar refractivity (Wildman–Crippen MR) is 101 cm³/mol. The third kappa shape index (κ3) is 5.80. The van der Waals surface area contributed by atoms with Crippen LogP contribution < -0.4 is 15.2 Å². The second-order valence-electron chi connectivity index (χ2n) is 7.40. The van der Waals surface area contributed by atoms with Gasteiger partial charge in [-0.15, -0.1) is 0 Å². The Morgan fingerprint density at radius 1 is 0.917 bits per heavy atom. The minimum Gasteiger partial charge on any atom is -0.493 e. The van der Waals surface area contributed by atoms with E-state index in [4.69, 9.17) is 15.2 Å². The second-order valence-corrected chi connectivity index (χ2v) is 7.40. The average molecular weight is 327 g/mol. The van der Waals surface area contributed by atoms with Crippen LogP contribution in [0.15, 0.2) is 42.5 Å². The van der Waals surface area contributed by atoms with E-state index in [1.54, 1.807) is 0 Å². The second kappa shape index (κ2) is 8.09. The van der Waals surface area contributed by atoms with E-state index in [2.05, 4.69) is 32.9 Å². The van der Waals surface area contributed by atoms with Crippen LogP contribution in [-0.4, -0.2) is 13.2 Å². The van der Waals surface area contributed by atoms with Crippen LogP contribution in [0, 0.1) is 12.3 Å². The van der Waals surface area contributed by atoms with Gasteiger partial charge in [-0.25, -0.2) is 0 Å². The Labute approximate surface area is 145 Å². The summed E-state index contributed by atoms with van der Waals surface area (Å²) in [6.45, 7) is 9.98. The quantitative estimate of drug-likeness (QED) is 0.574. The molecular weight excluding hydrogens is 298 g/mol. The summed E-state index contributed by atoms with van der Waals surface area (Å²) in [4.78, 5) is 0. The summed E-state index contributed by atoms with van der Waals surface area (Å²) in [5.74, 6) is 1.76. The van der Waals surface area contributed by atoms with Crippen LogP contribution in [-0.2, 0) is 6.42 Å². The third-order valence-corrected chi connectivity index (χ3v) is 3.80. The minimum absolute atomic E-state index is 0.304. The van der Waals surface area contributed by atoms with Crippen molar-refractivity contribution < 1.29 is 9.47 Å². The van der Waals surface area contributed by atoms with Gasteiger partial charge >= 0.3 is 0 Å². The first-order chi connectivity index (χ1) is 11.3. The zero-order valence-electron chi connectivity index (χ0n) is 15.3. The Morgan fingerprint density at radius 3 is 2.25 bits per heavy atom. The summed E-state index contributed by atoms with van der Waals surface area (Å²) >= 11 is 0. The van der Waals surface area contributed by atoms with E-state index >= 15 is 0 Å². The highest BCUT2D eigenvalue weighted by molar-refractivity contribution is 5.53. The molecule has 130 valence electrons. The Hall–Kier alpha value is -2.16. The van der Waals surface area contributed by atoms with Gasteiger partial charge in [0, 0.05) is 17.7 Å². The number of anilines is 1. The molecule has 0 aromatic heterocycles. The molecule has 2 aromatic carbocycles. The highest BCUT2D eigenvalue weighted by Gasteiger charge is 2.11. The molecule has 2 N–H and O–H groups in total. The van der Waals surface area contributed by atoms with Crippen molar-refractivity contribution in [3.63, 3.8) is 0 Å². The van der Waals surface area contributed by atoms with E-state index in [1.807, 2.05) is 37.3 Å². The van der Waals surface area contributed by atoms with Crippen LogP contribution in [0.4, 0.5) is 5.69 Å². The SMILES string of the molecule is Cc1c(N)cccc1OCCCOc1ccc(CC(C)(C)C)cc1. The summed E-state index contributed by atoms with van der Waals surface area (Å²) in [5, 5.41) is 0. The molecule has 0 unspecified atom stereocenters. The number of benzene rings is 2. The molecule has 0 aliphatic rings. The molecule has 24 heavy (non-hydrogen) atoms. The van der Waals surface area contributed by atoms with E-state index in [0.717, 1.165) is 35.6 Å². The molecule has 3 heteroatoms. The van der Waals surface area contributed by atoms with Gasteiger partial charge in [0.15, 0.2) is 0 Å². The van der Waals surface area contributed by atoms with Gasteiger partial charge in [-0.3, -0.25) is 0 Å². The van der Waals surface area contributed by atoms with Gasteiger partial charge in [0.25, 0.3) is 0 Å². The lowest BCUT2D eigenvalue weighted by Gasteiger charge is -2.18. The molecule has 0 aliphatic carbocycles.